The van der Waals surface area contributed by atoms with Crippen LogP contribution in [-0.4, -0.2) is 60.7 Å². The molecule has 1 fully saturated rings. The number of guanidine groups is 1. The molecule has 0 bridgehead atoms. The number of nitrogens with one attached hydrogen (secondary N) is 1. The van der Waals surface area contributed by atoms with Gasteiger partial charge in [0.1, 0.15) is 0 Å². The lowest BCUT2D eigenvalue weighted by atomic mass is 10.1. The Morgan fingerprint density at radius 3 is 2.72 bits per heavy atom. The Balaban J connectivity index is 0.00000312. The van der Waals surface area contributed by atoms with Gasteiger partial charge >= 0.3 is 0 Å². The minimum atomic E-state index is 0. The summed E-state index contributed by atoms with van der Waals surface area (Å²) in [5.74, 6) is 2.93. The number of hydrogen-bond donors (Lipinski definition) is 1. The predicted octanol–water partition coefficient (Wildman–Crippen LogP) is 3.16. The van der Waals surface area contributed by atoms with Crippen LogP contribution in [-0.2, 0) is 6.54 Å². The quantitative estimate of drug-likeness (QED) is 0.383. The summed E-state index contributed by atoms with van der Waals surface area (Å²) in [4.78, 5) is 9.30. The van der Waals surface area contributed by atoms with Gasteiger partial charge in [0.15, 0.2) is 11.7 Å². The van der Waals surface area contributed by atoms with Crippen LogP contribution in [0.5, 0.6) is 0 Å². The van der Waals surface area contributed by atoms with Gasteiger partial charge in [0.25, 0.3) is 0 Å². The zero-order valence-corrected chi connectivity index (χ0v) is 18.6. The van der Waals surface area contributed by atoms with Gasteiger partial charge < -0.3 is 19.6 Å². The molecule has 2 rings (SSSR count). The van der Waals surface area contributed by atoms with E-state index in [0.717, 1.165) is 49.5 Å². The van der Waals surface area contributed by atoms with E-state index in [4.69, 9.17) is 4.52 Å². The highest BCUT2D eigenvalue weighted by molar-refractivity contribution is 14.0. The van der Waals surface area contributed by atoms with Crippen LogP contribution in [0.3, 0.4) is 0 Å². The molecule has 1 atom stereocenters. The van der Waals surface area contributed by atoms with Gasteiger partial charge in [-0.2, -0.15) is 0 Å². The average molecular weight is 463 g/mol. The van der Waals surface area contributed by atoms with Crippen LogP contribution in [0.15, 0.2) is 15.6 Å². The Morgan fingerprint density at radius 2 is 2.16 bits per heavy atom. The van der Waals surface area contributed by atoms with E-state index >= 15 is 0 Å². The van der Waals surface area contributed by atoms with E-state index in [2.05, 4.69) is 53.0 Å². The molecule has 144 valence electrons. The summed E-state index contributed by atoms with van der Waals surface area (Å²) in [6.45, 7) is 14.9. The second-order valence-corrected chi connectivity index (χ2v) is 6.86. The molecule has 0 saturated carbocycles. The molecule has 0 aliphatic carbocycles. The van der Waals surface area contributed by atoms with Crippen molar-refractivity contribution in [2.24, 2.45) is 10.9 Å². The van der Waals surface area contributed by atoms with Crippen molar-refractivity contribution in [3.05, 3.63) is 17.5 Å². The van der Waals surface area contributed by atoms with Crippen molar-refractivity contribution in [1.29, 1.82) is 0 Å². The lowest BCUT2D eigenvalue weighted by Gasteiger charge is -2.24. The average Bonchev–Trinajstić information content (AvgIpc) is 3.23. The Kier molecular flexibility index (Phi) is 9.78. The summed E-state index contributed by atoms with van der Waals surface area (Å²) in [6, 6.07) is 2.03. The lowest BCUT2D eigenvalue weighted by Crippen LogP contribution is -2.40. The molecule has 0 amide bonds. The highest BCUT2D eigenvalue weighted by atomic mass is 127. The van der Waals surface area contributed by atoms with E-state index in [-0.39, 0.29) is 24.0 Å². The van der Waals surface area contributed by atoms with Gasteiger partial charge in [0, 0.05) is 32.7 Å². The van der Waals surface area contributed by atoms with Crippen LogP contribution in [0, 0.1) is 5.92 Å². The maximum Gasteiger partial charge on any atom is 0.194 e. The van der Waals surface area contributed by atoms with E-state index in [1.807, 2.05) is 13.1 Å². The third-order valence-electron chi connectivity index (χ3n) is 4.80. The zero-order valence-electron chi connectivity index (χ0n) is 16.3. The first-order valence-corrected chi connectivity index (χ1v) is 9.20. The first kappa shape index (κ1) is 22.2. The van der Waals surface area contributed by atoms with Crippen LogP contribution in [0.25, 0.3) is 0 Å². The molecule has 0 aromatic carbocycles. The molecule has 25 heavy (non-hydrogen) atoms. The van der Waals surface area contributed by atoms with E-state index in [9.17, 15) is 0 Å². The van der Waals surface area contributed by atoms with Crippen molar-refractivity contribution >= 4 is 29.9 Å². The molecule has 1 aliphatic heterocycles. The monoisotopic (exact) mass is 463 g/mol. The number of aliphatic imine (C=N–C) groups is 1. The lowest BCUT2D eigenvalue weighted by molar-refractivity contribution is 0.255. The van der Waals surface area contributed by atoms with Crippen LogP contribution >= 0.6 is 24.0 Å². The summed E-state index contributed by atoms with van der Waals surface area (Å²) in [7, 11) is 1.85. The number of nitrogens with zero attached hydrogens (tertiary/aromatic N) is 4. The van der Waals surface area contributed by atoms with Crippen molar-refractivity contribution < 1.29 is 4.52 Å². The topological polar surface area (TPSA) is 56.9 Å². The van der Waals surface area contributed by atoms with E-state index in [1.54, 1.807) is 0 Å². The molecule has 1 aromatic rings. The fourth-order valence-electron chi connectivity index (χ4n) is 3.20. The van der Waals surface area contributed by atoms with Crippen LogP contribution in [0.1, 0.15) is 51.5 Å². The van der Waals surface area contributed by atoms with Gasteiger partial charge in [0.05, 0.1) is 12.2 Å². The molecule has 1 saturated heterocycles. The molecule has 1 aliphatic rings. The number of aromatic nitrogens is 1. The fraction of sp³-hybridized carbons (Fsp3) is 0.778. The SMILES string of the molecule is CCN(CC)CC1CCN(C(=NC)NCc2cc(C(C)C)no2)C1.I. The normalized spacial score (nSPS) is 18.1. The Morgan fingerprint density at radius 1 is 1.44 bits per heavy atom. The summed E-state index contributed by atoms with van der Waals surface area (Å²) >= 11 is 0. The van der Waals surface area contributed by atoms with E-state index in [0.29, 0.717) is 12.5 Å². The van der Waals surface area contributed by atoms with Gasteiger partial charge in [0.2, 0.25) is 0 Å². The number of halogens is 1. The second kappa shape index (κ2) is 11.0. The minimum Gasteiger partial charge on any atom is -0.359 e. The summed E-state index contributed by atoms with van der Waals surface area (Å²) in [6.07, 6.45) is 1.23. The maximum absolute atomic E-state index is 5.39. The molecular weight excluding hydrogens is 429 g/mol. The molecule has 2 heterocycles. The summed E-state index contributed by atoms with van der Waals surface area (Å²) in [5.41, 5.74) is 1.00. The third-order valence-corrected chi connectivity index (χ3v) is 4.80. The van der Waals surface area contributed by atoms with Crippen molar-refractivity contribution in [3.63, 3.8) is 0 Å². The van der Waals surface area contributed by atoms with Crippen molar-refractivity contribution in [3.8, 4) is 0 Å². The first-order chi connectivity index (χ1) is 11.6. The maximum atomic E-state index is 5.39. The molecule has 1 unspecified atom stereocenters. The van der Waals surface area contributed by atoms with Gasteiger partial charge in [-0.1, -0.05) is 32.9 Å². The number of rotatable bonds is 7. The second-order valence-electron chi connectivity index (χ2n) is 6.86. The van der Waals surface area contributed by atoms with Crippen LogP contribution < -0.4 is 5.32 Å². The molecule has 1 aromatic heterocycles. The predicted molar refractivity (Wildman–Crippen MR) is 114 cm³/mol. The molecule has 6 nitrogen and oxygen atoms in total. The Bertz CT molecular complexity index is 527. The van der Waals surface area contributed by atoms with Gasteiger partial charge in [-0.05, 0) is 31.3 Å². The summed E-state index contributed by atoms with van der Waals surface area (Å²) < 4.78 is 5.39. The standard InChI is InChI=1S/C18H33N5O.HI/c1-6-22(7-2)12-15-8-9-23(13-15)18(19-5)20-11-16-10-17(14(3)4)21-24-16;/h10,14-15H,6-9,11-13H2,1-5H3,(H,19,20);1H. The summed E-state index contributed by atoms with van der Waals surface area (Å²) in [5, 5.41) is 7.52. The fourth-order valence-corrected chi connectivity index (χ4v) is 3.20. The molecule has 0 radical (unpaired) electrons. The minimum absolute atomic E-state index is 0. The van der Waals surface area contributed by atoms with Crippen LogP contribution in [0.2, 0.25) is 0 Å². The van der Waals surface area contributed by atoms with Crippen molar-refractivity contribution in [2.45, 2.75) is 46.6 Å². The zero-order chi connectivity index (χ0) is 17.5. The largest absolute Gasteiger partial charge is 0.359 e. The highest BCUT2D eigenvalue weighted by Crippen LogP contribution is 2.18. The third kappa shape index (κ3) is 6.44. The van der Waals surface area contributed by atoms with Crippen molar-refractivity contribution in [1.82, 2.24) is 20.3 Å². The molecule has 0 spiro atoms. The number of hydrogen-bond acceptors (Lipinski definition) is 4. The number of likely N-dealkylation sites (tertiary alicyclic amines) is 1. The Labute approximate surface area is 169 Å². The van der Waals surface area contributed by atoms with E-state index in [1.165, 1.54) is 13.0 Å². The highest BCUT2D eigenvalue weighted by Gasteiger charge is 2.26. The molecular formula is C18H34IN5O. The molecule has 7 heteroatoms. The van der Waals surface area contributed by atoms with Crippen LogP contribution in [0.4, 0.5) is 0 Å². The van der Waals surface area contributed by atoms with Gasteiger partial charge in [-0.25, -0.2) is 0 Å². The van der Waals surface area contributed by atoms with Gasteiger partial charge in [-0.15, -0.1) is 24.0 Å². The van der Waals surface area contributed by atoms with E-state index < -0.39 is 0 Å². The van der Waals surface area contributed by atoms with Gasteiger partial charge in [-0.3, -0.25) is 4.99 Å². The Hall–Kier alpha value is -0.830. The molecule has 1 N–H and O–H groups in total. The first-order valence-electron chi connectivity index (χ1n) is 9.20. The smallest absolute Gasteiger partial charge is 0.194 e. The van der Waals surface area contributed by atoms with Crippen molar-refractivity contribution in [2.75, 3.05) is 39.8 Å².